The molecule has 2 rings (SSSR count). The van der Waals surface area contributed by atoms with Crippen molar-refractivity contribution >= 4 is 11.8 Å². The van der Waals surface area contributed by atoms with Gasteiger partial charge < -0.3 is 10.0 Å². The molecule has 1 saturated heterocycles. The highest BCUT2D eigenvalue weighted by Gasteiger charge is 2.30. The van der Waals surface area contributed by atoms with Gasteiger partial charge in [0.1, 0.15) is 5.56 Å². The first-order valence-electron chi connectivity index (χ1n) is 6.36. The van der Waals surface area contributed by atoms with E-state index in [9.17, 15) is 4.79 Å². The topological polar surface area (TPSA) is 66.3 Å². The second kappa shape index (κ2) is 4.92. The fourth-order valence-electron chi connectivity index (χ4n) is 2.34. The molecule has 1 aromatic heterocycles. The molecule has 0 unspecified atom stereocenters. The molecule has 5 nitrogen and oxygen atoms in total. The molecular formula is C13H19N3O2. The summed E-state index contributed by atoms with van der Waals surface area (Å²) in [6.45, 7) is 6.20. The third kappa shape index (κ3) is 2.44. The van der Waals surface area contributed by atoms with Crippen molar-refractivity contribution in [3.05, 3.63) is 17.8 Å². The van der Waals surface area contributed by atoms with Crippen LogP contribution in [0.5, 0.6) is 0 Å². The van der Waals surface area contributed by atoms with E-state index in [0.29, 0.717) is 11.2 Å². The molecule has 0 aromatic carbocycles. The van der Waals surface area contributed by atoms with E-state index < -0.39 is 5.97 Å². The Bertz CT molecular complexity index is 440. The molecule has 1 aromatic rings. The van der Waals surface area contributed by atoms with Crippen molar-refractivity contribution in [3.63, 3.8) is 0 Å². The van der Waals surface area contributed by atoms with E-state index in [2.05, 4.69) is 24.0 Å². The molecule has 1 fully saturated rings. The largest absolute Gasteiger partial charge is 0.478 e. The number of piperidine rings is 1. The minimum Gasteiger partial charge on any atom is -0.478 e. The lowest BCUT2D eigenvalue weighted by Gasteiger charge is -2.39. The highest BCUT2D eigenvalue weighted by molar-refractivity contribution is 5.93. The van der Waals surface area contributed by atoms with Gasteiger partial charge in [0, 0.05) is 13.1 Å². The van der Waals surface area contributed by atoms with Crippen LogP contribution in [0.15, 0.2) is 12.3 Å². The fraction of sp³-hybridized carbons (Fsp3) is 0.615. The molecule has 1 N–H and O–H groups in total. The predicted octanol–water partition coefficient (Wildman–Crippen LogP) is 2.19. The summed E-state index contributed by atoms with van der Waals surface area (Å²) >= 11 is 0. The Hall–Kier alpha value is -1.65. The van der Waals surface area contributed by atoms with Crippen LogP contribution in [-0.4, -0.2) is 34.4 Å². The molecular weight excluding hydrogens is 230 g/mol. The smallest absolute Gasteiger partial charge is 0.339 e. The summed E-state index contributed by atoms with van der Waals surface area (Å²) in [7, 11) is 0. The number of aromatic carboxylic acids is 1. The number of hydrogen-bond donors (Lipinski definition) is 1. The summed E-state index contributed by atoms with van der Waals surface area (Å²) in [6, 6.07) is 1.51. The molecule has 1 aliphatic heterocycles. The molecule has 0 spiro atoms. The van der Waals surface area contributed by atoms with Crippen molar-refractivity contribution in [2.24, 2.45) is 5.41 Å². The van der Waals surface area contributed by atoms with Crippen molar-refractivity contribution in [1.82, 2.24) is 10.2 Å². The summed E-state index contributed by atoms with van der Waals surface area (Å²) in [5.74, 6) is -0.438. The summed E-state index contributed by atoms with van der Waals surface area (Å²) in [4.78, 5) is 13.2. The quantitative estimate of drug-likeness (QED) is 0.889. The van der Waals surface area contributed by atoms with Gasteiger partial charge in [-0.25, -0.2) is 4.79 Å². The highest BCUT2D eigenvalue weighted by atomic mass is 16.4. The van der Waals surface area contributed by atoms with E-state index in [1.165, 1.54) is 12.3 Å². The van der Waals surface area contributed by atoms with Crippen LogP contribution in [0.2, 0.25) is 0 Å². The van der Waals surface area contributed by atoms with Gasteiger partial charge in [-0.3, -0.25) is 0 Å². The Labute approximate surface area is 107 Å². The number of aromatic nitrogens is 2. The van der Waals surface area contributed by atoms with E-state index in [1.54, 1.807) is 0 Å². The molecule has 18 heavy (non-hydrogen) atoms. The Morgan fingerprint density at radius 2 is 2.17 bits per heavy atom. The maximum Gasteiger partial charge on any atom is 0.339 e. The predicted molar refractivity (Wildman–Crippen MR) is 68.8 cm³/mol. The van der Waals surface area contributed by atoms with Crippen LogP contribution in [0.4, 0.5) is 5.82 Å². The molecule has 0 aliphatic carbocycles. The summed E-state index contributed by atoms with van der Waals surface area (Å²) < 4.78 is 0. The van der Waals surface area contributed by atoms with E-state index in [0.717, 1.165) is 32.4 Å². The SMILES string of the molecule is CCC1(C)CCN(c2nnccc2C(=O)O)CC1. The van der Waals surface area contributed by atoms with Crippen LogP contribution in [0.25, 0.3) is 0 Å². The zero-order valence-corrected chi connectivity index (χ0v) is 10.9. The van der Waals surface area contributed by atoms with Crippen LogP contribution >= 0.6 is 0 Å². The van der Waals surface area contributed by atoms with Crippen molar-refractivity contribution in [1.29, 1.82) is 0 Å². The number of carboxylic acids is 1. The molecule has 0 saturated carbocycles. The van der Waals surface area contributed by atoms with Gasteiger partial charge in [-0.2, -0.15) is 5.10 Å². The van der Waals surface area contributed by atoms with E-state index >= 15 is 0 Å². The van der Waals surface area contributed by atoms with Gasteiger partial charge in [0.05, 0.1) is 6.20 Å². The molecule has 2 heterocycles. The molecule has 0 amide bonds. The Morgan fingerprint density at radius 3 is 2.72 bits per heavy atom. The van der Waals surface area contributed by atoms with Gasteiger partial charge in [-0.1, -0.05) is 20.3 Å². The number of carboxylic acid groups (broad SMARTS) is 1. The Morgan fingerprint density at radius 1 is 1.50 bits per heavy atom. The fourth-order valence-corrected chi connectivity index (χ4v) is 2.34. The zero-order valence-electron chi connectivity index (χ0n) is 10.9. The maximum atomic E-state index is 11.2. The lowest BCUT2D eigenvalue weighted by molar-refractivity contribution is 0.0696. The third-order valence-corrected chi connectivity index (χ3v) is 4.06. The minimum atomic E-state index is -0.941. The average molecular weight is 249 g/mol. The zero-order chi connectivity index (χ0) is 13.2. The molecule has 5 heteroatoms. The Kier molecular flexibility index (Phi) is 3.50. The molecule has 1 aliphatic rings. The third-order valence-electron chi connectivity index (χ3n) is 4.06. The lowest BCUT2D eigenvalue weighted by atomic mass is 9.78. The van der Waals surface area contributed by atoms with Gasteiger partial charge in [-0.15, -0.1) is 5.10 Å². The number of carbonyl (C=O) groups is 1. The van der Waals surface area contributed by atoms with E-state index in [4.69, 9.17) is 5.11 Å². The second-order valence-electron chi connectivity index (χ2n) is 5.22. The second-order valence-corrected chi connectivity index (χ2v) is 5.22. The number of nitrogens with zero attached hydrogens (tertiary/aromatic N) is 3. The van der Waals surface area contributed by atoms with E-state index in [1.807, 2.05) is 4.90 Å². The first kappa shape index (κ1) is 12.8. The molecule has 0 radical (unpaired) electrons. The van der Waals surface area contributed by atoms with Crippen molar-refractivity contribution in [2.45, 2.75) is 33.1 Å². The lowest BCUT2D eigenvalue weighted by Crippen LogP contribution is -2.39. The van der Waals surface area contributed by atoms with Crippen LogP contribution in [0, 0.1) is 5.41 Å². The van der Waals surface area contributed by atoms with Gasteiger partial charge >= 0.3 is 5.97 Å². The summed E-state index contributed by atoms with van der Waals surface area (Å²) in [5.41, 5.74) is 0.618. The van der Waals surface area contributed by atoms with Crippen LogP contribution < -0.4 is 4.90 Å². The van der Waals surface area contributed by atoms with Crippen molar-refractivity contribution < 1.29 is 9.90 Å². The molecule has 98 valence electrons. The Balaban J connectivity index is 2.17. The standard InChI is InChI=1S/C13H19N3O2/c1-3-13(2)5-8-16(9-6-13)11-10(12(17)18)4-7-14-15-11/h4,7H,3,5-6,8-9H2,1-2H3,(H,17,18). The first-order chi connectivity index (χ1) is 8.56. The number of rotatable bonds is 3. The van der Waals surface area contributed by atoms with Gasteiger partial charge in [-0.05, 0) is 24.3 Å². The highest BCUT2D eigenvalue weighted by Crippen LogP contribution is 2.35. The normalized spacial score (nSPS) is 18.7. The van der Waals surface area contributed by atoms with Crippen LogP contribution in [0.3, 0.4) is 0 Å². The number of anilines is 1. The molecule has 0 atom stereocenters. The van der Waals surface area contributed by atoms with Crippen molar-refractivity contribution in [2.75, 3.05) is 18.0 Å². The minimum absolute atomic E-state index is 0.241. The van der Waals surface area contributed by atoms with Crippen LogP contribution in [-0.2, 0) is 0 Å². The van der Waals surface area contributed by atoms with Crippen LogP contribution in [0.1, 0.15) is 43.5 Å². The first-order valence-corrected chi connectivity index (χ1v) is 6.36. The number of hydrogen-bond acceptors (Lipinski definition) is 4. The summed E-state index contributed by atoms with van der Waals surface area (Å²) in [6.07, 6.45) is 4.72. The molecule has 0 bridgehead atoms. The van der Waals surface area contributed by atoms with Gasteiger partial charge in [0.25, 0.3) is 0 Å². The van der Waals surface area contributed by atoms with E-state index in [-0.39, 0.29) is 5.56 Å². The van der Waals surface area contributed by atoms with Gasteiger partial charge in [0.2, 0.25) is 0 Å². The van der Waals surface area contributed by atoms with Gasteiger partial charge in [0.15, 0.2) is 5.82 Å². The maximum absolute atomic E-state index is 11.2. The van der Waals surface area contributed by atoms with Crippen molar-refractivity contribution in [3.8, 4) is 0 Å². The summed E-state index contributed by atoms with van der Waals surface area (Å²) in [5, 5.41) is 16.9. The average Bonchev–Trinajstić information content (AvgIpc) is 2.39. The monoisotopic (exact) mass is 249 g/mol.